The topological polar surface area (TPSA) is 142 Å². The number of carbonyl (C=O) groups is 4. The van der Waals surface area contributed by atoms with E-state index in [-0.39, 0.29) is 25.0 Å². The minimum absolute atomic E-state index is 0.172. The highest BCUT2D eigenvalue weighted by Gasteiger charge is 2.21. The number of hydrogen-bond acceptors (Lipinski definition) is 5. The summed E-state index contributed by atoms with van der Waals surface area (Å²) in [7, 11) is 0. The minimum atomic E-state index is -1.31. The highest BCUT2D eigenvalue weighted by Crippen LogP contribution is 2.10. The molecule has 0 radical (unpaired) electrons. The van der Waals surface area contributed by atoms with Crippen LogP contribution in [0.2, 0.25) is 0 Å². The monoisotopic (exact) mass is 338 g/mol. The van der Waals surface area contributed by atoms with E-state index in [9.17, 15) is 19.2 Å². The summed E-state index contributed by atoms with van der Waals surface area (Å²) in [6, 6.07) is 4.41. The van der Waals surface area contributed by atoms with Gasteiger partial charge in [-0.25, -0.2) is 9.59 Å². The van der Waals surface area contributed by atoms with Crippen molar-refractivity contribution in [3.05, 3.63) is 29.8 Å². The van der Waals surface area contributed by atoms with Crippen LogP contribution in [-0.2, 0) is 14.3 Å². The van der Waals surface area contributed by atoms with Crippen molar-refractivity contribution in [2.75, 3.05) is 11.9 Å². The van der Waals surface area contributed by atoms with Crippen molar-refractivity contribution in [1.82, 2.24) is 5.32 Å². The third kappa shape index (κ3) is 6.34. The molecule has 0 spiro atoms. The van der Waals surface area contributed by atoms with Crippen molar-refractivity contribution in [1.29, 1.82) is 0 Å². The molecule has 130 valence electrons. The van der Waals surface area contributed by atoms with Gasteiger partial charge in [-0.3, -0.25) is 14.9 Å². The lowest BCUT2D eigenvalue weighted by Crippen LogP contribution is -2.41. The molecule has 0 aliphatic heterocycles. The molecule has 9 heteroatoms. The molecule has 2 amide bonds. The molecule has 0 saturated carbocycles. The van der Waals surface area contributed by atoms with Crippen molar-refractivity contribution in [2.24, 2.45) is 0 Å². The number of nitrogens with one attached hydrogen (secondary N) is 2. The maximum atomic E-state index is 12.0. The first-order chi connectivity index (χ1) is 11.3. The van der Waals surface area contributed by atoms with Gasteiger partial charge in [-0.15, -0.1) is 0 Å². The molecule has 0 aliphatic carbocycles. The zero-order valence-corrected chi connectivity index (χ0v) is 12.9. The molecule has 1 aromatic carbocycles. The number of aliphatic carboxylic acids is 2. The summed E-state index contributed by atoms with van der Waals surface area (Å²) in [5.74, 6) is -3.12. The number of carboxylic acids is 2. The van der Waals surface area contributed by atoms with E-state index in [1.54, 1.807) is 6.92 Å². The average Bonchev–Trinajstić information content (AvgIpc) is 2.51. The molecule has 0 aromatic heterocycles. The predicted octanol–water partition coefficient (Wildman–Crippen LogP) is 1.30. The molecule has 0 heterocycles. The summed E-state index contributed by atoms with van der Waals surface area (Å²) >= 11 is 0. The fourth-order valence-corrected chi connectivity index (χ4v) is 1.76. The van der Waals surface area contributed by atoms with Crippen molar-refractivity contribution in [3.63, 3.8) is 0 Å². The van der Waals surface area contributed by atoms with Gasteiger partial charge in [-0.1, -0.05) is 0 Å². The molecule has 24 heavy (non-hydrogen) atoms. The van der Waals surface area contributed by atoms with Gasteiger partial charge in [0.15, 0.2) is 0 Å². The van der Waals surface area contributed by atoms with E-state index >= 15 is 0 Å². The first-order valence-corrected chi connectivity index (χ1v) is 7.12. The van der Waals surface area contributed by atoms with Crippen LogP contribution in [0, 0.1) is 0 Å². The van der Waals surface area contributed by atoms with Crippen molar-refractivity contribution in [3.8, 4) is 0 Å². The van der Waals surface area contributed by atoms with Crippen LogP contribution in [0.4, 0.5) is 10.5 Å². The number of hydrogen-bond donors (Lipinski definition) is 4. The molecule has 1 atom stereocenters. The van der Waals surface area contributed by atoms with Gasteiger partial charge in [-0.2, -0.15) is 0 Å². The van der Waals surface area contributed by atoms with E-state index in [0.29, 0.717) is 5.69 Å². The Morgan fingerprint density at radius 2 is 1.75 bits per heavy atom. The van der Waals surface area contributed by atoms with Crippen molar-refractivity contribution in [2.45, 2.75) is 25.8 Å². The van der Waals surface area contributed by atoms with Crippen LogP contribution in [-0.4, -0.2) is 46.8 Å². The van der Waals surface area contributed by atoms with Gasteiger partial charge in [-0.05, 0) is 37.6 Å². The molecule has 4 N–H and O–H groups in total. The summed E-state index contributed by atoms with van der Waals surface area (Å²) in [4.78, 5) is 44.8. The lowest BCUT2D eigenvalue weighted by Gasteiger charge is -2.13. The third-order valence-electron chi connectivity index (χ3n) is 2.92. The van der Waals surface area contributed by atoms with E-state index in [0.717, 1.165) is 0 Å². The van der Waals surface area contributed by atoms with E-state index in [1.807, 2.05) is 0 Å². The molecule has 0 unspecified atom stereocenters. The second kappa shape index (κ2) is 9.13. The quantitative estimate of drug-likeness (QED) is 0.559. The van der Waals surface area contributed by atoms with Crippen LogP contribution >= 0.6 is 0 Å². The Balaban J connectivity index is 2.67. The predicted molar refractivity (Wildman–Crippen MR) is 82.8 cm³/mol. The number of rotatable bonds is 8. The van der Waals surface area contributed by atoms with Crippen LogP contribution in [0.1, 0.15) is 30.1 Å². The first kappa shape index (κ1) is 18.9. The van der Waals surface area contributed by atoms with E-state index in [1.165, 1.54) is 24.3 Å². The smallest absolute Gasteiger partial charge is 0.411 e. The second-order valence-corrected chi connectivity index (χ2v) is 4.72. The molecule has 9 nitrogen and oxygen atoms in total. The van der Waals surface area contributed by atoms with Gasteiger partial charge in [0.2, 0.25) is 0 Å². The first-order valence-electron chi connectivity index (χ1n) is 7.12. The fourth-order valence-electron chi connectivity index (χ4n) is 1.76. The van der Waals surface area contributed by atoms with Gasteiger partial charge >= 0.3 is 18.0 Å². The van der Waals surface area contributed by atoms with Gasteiger partial charge < -0.3 is 20.3 Å². The fraction of sp³-hybridized carbons (Fsp3) is 0.333. The van der Waals surface area contributed by atoms with Gasteiger partial charge in [0.25, 0.3) is 5.91 Å². The Morgan fingerprint density at radius 1 is 1.12 bits per heavy atom. The van der Waals surface area contributed by atoms with E-state index in [2.05, 4.69) is 10.6 Å². The maximum absolute atomic E-state index is 12.0. The van der Waals surface area contributed by atoms with Crippen LogP contribution < -0.4 is 10.6 Å². The lowest BCUT2D eigenvalue weighted by atomic mass is 10.1. The van der Waals surface area contributed by atoms with Gasteiger partial charge in [0.1, 0.15) is 6.04 Å². The highest BCUT2D eigenvalue weighted by atomic mass is 16.5. The lowest BCUT2D eigenvalue weighted by molar-refractivity contribution is -0.140. The van der Waals surface area contributed by atoms with Crippen LogP contribution in [0.3, 0.4) is 0 Å². The number of carbonyl (C=O) groups excluding carboxylic acids is 2. The molecule has 0 bridgehead atoms. The Morgan fingerprint density at radius 3 is 2.25 bits per heavy atom. The molecular weight excluding hydrogens is 320 g/mol. The normalized spacial score (nSPS) is 11.2. The Kier molecular flexibility index (Phi) is 7.21. The standard InChI is InChI=1S/C15H18N2O7/c1-2-24-15(23)16-10-5-3-9(4-6-10)13(20)17-11(14(21)22)7-8-12(18)19/h3-6,11H,2,7-8H2,1H3,(H,16,23)(H,17,20)(H,18,19)(H,21,22)/t11-/m0/s1. The van der Waals surface area contributed by atoms with Gasteiger partial charge in [0.05, 0.1) is 6.61 Å². The summed E-state index contributed by atoms with van der Waals surface area (Å²) in [6.07, 6.45) is -1.23. The Hall–Kier alpha value is -3.10. The summed E-state index contributed by atoms with van der Waals surface area (Å²) in [6.45, 7) is 1.88. The third-order valence-corrected chi connectivity index (χ3v) is 2.92. The second-order valence-electron chi connectivity index (χ2n) is 4.72. The van der Waals surface area contributed by atoms with Gasteiger partial charge in [0, 0.05) is 17.7 Å². The number of ether oxygens (including phenoxy) is 1. The zero-order chi connectivity index (χ0) is 18.1. The van der Waals surface area contributed by atoms with Crippen LogP contribution in [0.25, 0.3) is 0 Å². The van der Waals surface area contributed by atoms with Crippen LogP contribution in [0.5, 0.6) is 0 Å². The molecule has 0 fully saturated rings. The summed E-state index contributed by atoms with van der Waals surface area (Å²) < 4.78 is 4.71. The molecule has 0 saturated heterocycles. The number of carboxylic acid groups (broad SMARTS) is 2. The van der Waals surface area contributed by atoms with E-state index < -0.39 is 30.0 Å². The average molecular weight is 338 g/mol. The molecule has 0 aliphatic rings. The largest absolute Gasteiger partial charge is 0.481 e. The minimum Gasteiger partial charge on any atom is -0.481 e. The van der Waals surface area contributed by atoms with Crippen molar-refractivity contribution < 1.29 is 34.1 Å². The van der Waals surface area contributed by atoms with Crippen LogP contribution in [0.15, 0.2) is 24.3 Å². The number of amides is 2. The Bertz CT molecular complexity index is 613. The molecule has 1 rings (SSSR count). The number of benzene rings is 1. The number of anilines is 1. The maximum Gasteiger partial charge on any atom is 0.411 e. The SMILES string of the molecule is CCOC(=O)Nc1ccc(C(=O)N[C@@H](CCC(=O)O)C(=O)O)cc1. The molecular formula is C15H18N2O7. The molecule has 1 aromatic rings. The summed E-state index contributed by atoms with van der Waals surface area (Å²) in [5.41, 5.74) is 0.580. The van der Waals surface area contributed by atoms with Crippen molar-refractivity contribution >= 4 is 29.6 Å². The Labute approximate surface area is 137 Å². The van der Waals surface area contributed by atoms with E-state index in [4.69, 9.17) is 14.9 Å². The zero-order valence-electron chi connectivity index (χ0n) is 12.9. The highest BCUT2D eigenvalue weighted by molar-refractivity contribution is 5.97. The summed E-state index contributed by atoms with van der Waals surface area (Å²) in [5, 5.41) is 22.3.